The van der Waals surface area contributed by atoms with Crippen molar-refractivity contribution in [3.8, 4) is 0 Å². The molecule has 128 valence electrons. The number of carbonyl (C=O) groups is 2. The Labute approximate surface area is 146 Å². The van der Waals surface area contributed by atoms with E-state index in [0.717, 1.165) is 18.4 Å². The third kappa shape index (κ3) is 3.38. The predicted molar refractivity (Wildman–Crippen MR) is 97.1 cm³/mol. The third-order valence-electron chi connectivity index (χ3n) is 4.36. The fraction of sp³-hybridized carbons (Fsp3) is 0.238. The number of hydrogen-bond acceptors (Lipinski definition) is 2. The van der Waals surface area contributed by atoms with E-state index in [9.17, 15) is 14.0 Å². The zero-order valence-electron chi connectivity index (χ0n) is 14.4. The van der Waals surface area contributed by atoms with Crippen molar-refractivity contribution in [2.24, 2.45) is 0 Å². The van der Waals surface area contributed by atoms with Gasteiger partial charge >= 0.3 is 0 Å². The minimum atomic E-state index is -0.419. The van der Waals surface area contributed by atoms with Crippen molar-refractivity contribution in [2.75, 3.05) is 11.4 Å². The normalized spacial score (nSPS) is 14.9. The van der Waals surface area contributed by atoms with Crippen LogP contribution in [0.3, 0.4) is 0 Å². The fourth-order valence-electron chi connectivity index (χ4n) is 2.94. The van der Waals surface area contributed by atoms with Gasteiger partial charge in [0.25, 0.3) is 5.91 Å². The molecule has 2 aromatic carbocycles. The van der Waals surface area contributed by atoms with Crippen molar-refractivity contribution in [2.45, 2.75) is 26.7 Å². The summed E-state index contributed by atoms with van der Waals surface area (Å²) in [6.45, 7) is 4.55. The third-order valence-corrected chi connectivity index (χ3v) is 4.36. The van der Waals surface area contributed by atoms with Gasteiger partial charge in [-0.1, -0.05) is 43.2 Å². The summed E-state index contributed by atoms with van der Waals surface area (Å²) in [5.74, 6) is -0.914. The molecule has 0 spiro atoms. The molecule has 0 unspecified atom stereocenters. The summed E-state index contributed by atoms with van der Waals surface area (Å²) in [7, 11) is 0. The number of halogens is 1. The van der Waals surface area contributed by atoms with E-state index in [2.05, 4.69) is 0 Å². The number of benzene rings is 2. The number of nitrogens with zero attached hydrogens (tertiary/aromatic N) is 1. The zero-order valence-corrected chi connectivity index (χ0v) is 14.4. The molecule has 0 bridgehead atoms. The number of amides is 1. The summed E-state index contributed by atoms with van der Waals surface area (Å²) >= 11 is 0. The standard InChI is InChI=1S/C21H20FNO2/c1-3-4-11-23-19-10-9-16(22)12-17(19)18(21(23)25)13-20(24)15-7-5-14(2)6-8-15/h5-10,12-13H,3-4,11H2,1-2H3/b18-13+. The molecular weight excluding hydrogens is 317 g/mol. The van der Waals surface area contributed by atoms with E-state index in [1.54, 1.807) is 23.1 Å². The number of ketones is 1. The molecule has 0 fully saturated rings. The van der Waals surface area contributed by atoms with Gasteiger partial charge in [0.2, 0.25) is 0 Å². The Morgan fingerprint density at radius 1 is 1.16 bits per heavy atom. The van der Waals surface area contributed by atoms with Crippen molar-refractivity contribution in [1.82, 2.24) is 0 Å². The topological polar surface area (TPSA) is 37.4 Å². The van der Waals surface area contributed by atoms with Crippen LogP contribution in [0.2, 0.25) is 0 Å². The lowest BCUT2D eigenvalue weighted by molar-refractivity contribution is -0.113. The summed E-state index contributed by atoms with van der Waals surface area (Å²) in [6.07, 6.45) is 3.13. The summed E-state index contributed by atoms with van der Waals surface area (Å²) in [5, 5.41) is 0. The van der Waals surface area contributed by atoms with Gasteiger partial charge in [0.05, 0.1) is 11.3 Å². The first kappa shape index (κ1) is 17.1. The number of unbranched alkanes of at least 4 members (excludes halogenated alkanes) is 1. The molecule has 0 radical (unpaired) electrons. The summed E-state index contributed by atoms with van der Waals surface area (Å²) < 4.78 is 13.7. The van der Waals surface area contributed by atoms with Gasteiger partial charge in [-0.25, -0.2) is 4.39 Å². The van der Waals surface area contributed by atoms with E-state index in [0.29, 0.717) is 23.4 Å². The monoisotopic (exact) mass is 337 g/mol. The maximum absolute atomic E-state index is 13.7. The van der Waals surface area contributed by atoms with Crippen LogP contribution in [0.5, 0.6) is 0 Å². The smallest absolute Gasteiger partial charge is 0.259 e. The second-order valence-electron chi connectivity index (χ2n) is 6.26. The number of hydrogen-bond donors (Lipinski definition) is 0. The Morgan fingerprint density at radius 2 is 1.88 bits per heavy atom. The summed E-state index contributed by atoms with van der Waals surface area (Å²) in [6, 6.07) is 11.4. The Morgan fingerprint density at radius 3 is 2.56 bits per heavy atom. The zero-order chi connectivity index (χ0) is 18.0. The molecule has 1 aliphatic rings. The first-order valence-corrected chi connectivity index (χ1v) is 8.45. The van der Waals surface area contributed by atoms with Crippen LogP contribution in [0.25, 0.3) is 5.57 Å². The lowest BCUT2D eigenvalue weighted by atomic mass is 10.0. The van der Waals surface area contributed by atoms with Crippen LogP contribution in [0.1, 0.15) is 41.3 Å². The number of aryl methyl sites for hydroxylation is 1. The average molecular weight is 337 g/mol. The van der Waals surface area contributed by atoms with Crippen molar-refractivity contribution in [1.29, 1.82) is 0 Å². The maximum atomic E-state index is 13.7. The second kappa shape index (κ2) is 7.01. The van der Waals surface area contributed by atoms with Gasteiger partial charge < -0.3 is 4.90 Å². The van der Waals surface area contributed by atoms with Crippen molar-refractivity contribution >= 4 is 23.0 Å². The molecule has 1 heterocycles. The van der Waals surface area contributed by atoms with Crippen LogP contribution in [0.15, 0.2) is 48.5 Å². The Bertz CT molecular complexity index is 853. The quantitative estimate of drug-likeness (QED) is 0.593. The molecule has 4 heteroatoms. The minimum Gasteiger partial charge on any atom is -0.308 e. The summed E-state index contributed by atoms with van der Waals surface area (Å²) in [5.41, 5.74) is 2.98. The molecule has 3 rings (SSSR count). The van der Waals surface area contributed by atoms with Crippen molar-refractivity contribution in [3.05, 3.63) is 71.0 Å². The van der Waals surface area contributed by atoms with Gasteiger partial charge in [0, 0.05) is 17.7 Å². The first-order valence-electron chi connectivity index (χ1n) is 8.45. The van der Waals surface area contributed by atoms with Crippen LogP contribution in [0.4, 0.5) is 10.1 Å². The van der Waals surface area contributed by atoms with E-state index < -0.39 is 5.82 Å². The molecule has 25 heavy (non-hydrogen) atoms. The largest absolute Gasteiger partial charge is 0.308 e. The molecule has 0 saturated carbocycles. The Balaban J connectivity index is 2.00. The highest BCUT2D eigenvalue weighted by atomic mass is 19.1. The van der Waals surface area contributed by atoms with Crippen molar-refractivity contribution < 1.29 is 14.0 Å². The molecule has 0 atom stereocenters. The molecular formula is C21H20FNO2. The highest BCUT2D eigenvalue weighted by Crippen LogP contribution is 2.37. The molecule has 0 aliphatic carbocycles. The van der Waals surface area contributed by atoms with Gasteiger partial charge in [-0.05, 0) is 37.6 Å². The summed E-state index contributed by atoms with van der Waals surface area (Å²) in [4.78, 5) is 26.9. The molecule has 0 N–H and O–H groups in total. The van der Waals surface area contributed by atoms with E-state index >= 15 is 0 Å². The number of allylic oxidation sites excluding steroid dienone is 1. The minimum absolute atomic E-state index is 0.241. The number of fused-ring (bicyclic) bond motifs is 1. The Hall–Kier alpha value is -2.75. The number of carbonyl (C=O) groups excluding carboxylic acids is 2. The van der Waals surface area contributed by atoms with Gasteiger partial charge in [-0.2, -0.15) is 0 Å². The number of rotatable bonds is 5. The molecule has 1 aliphatic heterocycles. The second-order valence-corrected chi connectivity index (χ2v) is 6.26. The Kier molecular flexibility index (Phi) is 4.79. The van der Waals surface area contributed by atoms with Crippen LogP contribution >= 0.6 is 0 Å². The van der Waals surface area contributed by atoms with E-state index in [-0.39, 0.29) is 17.3 Å². The van der Waals surface area contributed by atoms with Gasteiger partial charge in [0.15, 0.2) is 5.78 Å². The maximum Gasteiger partial charge on any atom is 0.259 e. The van der Waals surface area contributed by atoms with Gasteiger partial charge in [-0.15, -0.1) is 0 Å². The van der Waals surface area contributed by atoms with Crippen LogP contribution < -0.4 is 4.90 Å². The lowest BCUT2D eigenvalue weighted by Gasteiger charge is -2.16. The molecule has 0 saturated heterocycles. The first-order chi connectivity index (χ1) is 12.0. The van der Waals surface area contributed by atoms with Gasteiger partial charge in [-0.3, -0.25) is 9.59 Å². The van der Waals surface area contributed by atoms with E-state index in [4.69, 9.17) is 0 Å². The number of anilines is 1. The SMILES string of the molecule is CCCCN1C(=O)/C(=C/C(=O)c2ccc(C)cc2)c2cc(F)ccc21. The fourth-order valence-corrected chi connectivity index (χ4v) is 2.94. The van der Waals surface area contributed by atoms with E-state index in [1.165, 1.54) is 18.2 Å². The van der Waals surface area contributed by atoms with E-state index in [1.807, 2.05) is 26.0 Å². The highest BCUT2D eigenvalue weighted by Gasteiger charge is 2.32. The highest BCUT2D eigenvalue weighted by molar-refractivity contribution is 6.35. The van der Waals surface area contributed by atoms with Crippen LogP contribution in [0, 0.1) is 12.7 Å². The van der Waals surface area contributed by atoms with Crippen LogP contribution in [-0.4, -0.2) is 18.2 Å². The van der Waals surface area contributed by atoms with Crippen molar-refractivity contribution in [3.63, 3.8) is 0 Å². The molecule has 3 nitrogen and oxygen atoms in total. The molecule has 1 amide bonds. The van der Waals surface area contributed by atoms with Gasteiger partial charge in [0.1, 0.15) is 5.82 Å². The predicted octanol–water partition coefficient (Wildman–Crippen LogP) is 4.55. The lowest BCUT2D eigenvalue weighted by Crippen LogP contribution is -2.27. The average Bonchev–Trinajstić information content (AvgIpc) is 2.85. The molecule has 0 aromatic heterocycles. The molecule has 2 aromatic rings. The van der Waals surface area contributed by atoms with Crippen LogP contribution in [-0.2, 0) is 4.79 Å².